The summed E-state index contributed by atoms with van der Waals surface area (Å²) in [5, 5.41) is 3.08. The molecule has 2 aromatic rings. The van der Waals surface area contributed by atoms with Crippen molar-refractivity contribution in [3.63, 3.8) is 0 Å². The van der Waals surface area contributed by atoms with Crippen molar-refractivity contribution < 1.29 is 18.7 Å². The molecule has 6 heteroatoms. The first-order valence-electron chi connectivity index (χ1n) is 10.8. The smallest absolute Gasteiger partial charge is 0.410 e. The third-order valence-corrected chi connectivity index (χ3v) is 5.43. The van der Waals surface area contributed by atoms with Gasteiger partial charge in [0.05, 0.1) is 6.04 Å². The van der Waals surface area contributed by atoms with Gasteiger partial charge < -0.3 is 15.0 Å². The van der Waals surface area contributed by atoms with Crippen molar-refractivity contribution in [2.45, 2.75) is 51.7 Å². The van der Waals surface area contributed by atoms with Crippen LogP contribution < -0.4 is 5.32 Å². The van der Waals surface area contributed by atoms with Crippen LogP contribution >= 0.6 is 0 Å². The third kappa shape index (κ3) is 6.81. The number of rotatable bonds is 5. The predicted octanol–water partition coefficient (Wildman–Crippen LogP) is 5.33. The van der Waals surface area contributed by atoms with Gasteiger partial charge in [-0.3, -0.25) is 4.79 Å². The Hall–Kier alpha value is -2.89. The largest absolute Gasteiger partial charge is 0.444 e. The predicted molar refractivity (Wildman–Crippen MR) is 118 cm³/mol. The van der Waals surface area contributed by atoms with E-state index in [9.17, 15) is 14.0 Å². The van der Waals surface area contributed by atoms with Crippen LogP contribution in [0.3, 0.4) is 0 Å². The molecule has 0 radical (unpaired) electrons. The van der Waals surface area contributed by atoms with E-state index in [4.69, 9.17) is 4.74 Å². The van der Waals surface area contributed by atoms with Crippen molar-refractivity contribution in [3.05, 3.63) is 71.5 Å². The number of amides is 2. The van der Waals surface area contributed by atoms with Gasteiger partial charge in [0.25, 0.3) is 5.91 Å². The molecule has 0 aliphatic carbocycles. The van der Waals surface area contributed by atoms with E-state index in [0.29, 0.717) is 24.6 Å². The number of ether oxygens (including phenoxy) is 1. The molecule has 0 spiro atoms. The summed E-state index contributed by atoms with van der Waals surface area (Å²) in [6, 6.07) is 15.3. The number of hydrogen-bond acceptors (Lipinski definition) is 3. The van der Waals surface area contributed by atoms with Gasteiger partial charge >= 0.3 is 6.09 Å². The number of halogens is 1. The molecule has 1 atom stereocenters. The number of carbonyl (C=O) groups excluding carboxylic acids is 2. The SMILES string of the molecule is CC(C)(C)OC(=O)N1CCC(CC(NC(=O)c2cccc(F)c2)c2ccccc2)CC1. The molecule has 1 unspecified atom stereocenters. The van der Waals surface area contributed by atoms with E-state index in [1.165, 1.54) is 18.2 Å². The van der Waals surface area contributed by atoms with E-state index in [1.807, 2.05) is 51.1 Å². The minimum Gasteiger partial charge on any atom is -0.444 e. The van der Waals surface area contributed by atoms with Gasteiger partial charge in [-0.2, -0.15) is 0 Å². The number of nitrogens with one attached hydrogen (secondary N) is 1. The number of hydrogen-bond donors (Lipinski definition) is 1. The summed E-state index contributed by atoms with van der Waals surface area (Å²) in [6.07, 6.45) is 2.18. The third-order valence-electron chi connectivity index (χ3n) is 5.43. The number of benzene rings is 2. The zero-order valence-electron chi connectivity index (χ0n) is 18.4. The van der Waals surface area contributed by atoms with Gasteiger partial charge in [0.2, 0.25) is 0 Å². The Bertz CT molecular complexity index is 887. The van der Waals surface area contributed by atoms with E-state index >= 15 is 0 Å². The fourth-order valence-electron chi connectivity index (χ4n) is 3.85. The quantitative estimate of drug-likeness (QED) is 0.703. The van der Waals surface area contributed by atoms with Crippen LogP contribution in [0.25, 0.3) is 0 Å². The molecule has 1 heterocycles. The van der Waals surface area contributed by atoms with E-state index < -0.39 is 11.4 Å². The summed E-state index contributed by atoms with van der Waals surface area (Å²) in [5.74, 6) is -0.366. The lowest BCUT2D eigenvalue weighted by atomic mass is 9.87. The van der Waals surface area contributed by atoms with Crippen LogP contribution in [0.2, 0.25) is 0 Å². The Morgan fingerprint density at radius 3 is 2.39 bits per heavy atom. The molecule has 2 amide bonds. The van der Waals surface area contributed by atoms with Gasteiger partial charge in [0, 0.05) is 18.7 Å². The minimum absolute atomic E-state index is 0.185. The monoisotopic (exact) mass is 426 g/mol. The molecule has 166 valence electrons. The highest BCUT2D eigenvalue weighted by atomic mass is 19.1. The van der Waals surface area contributed by atoms with Crippen molar-refractivity contribution in [2.75, 3.05) is 13.1 Å². The highest BCUT2D eigenvalue weighted by Gasteiger charge is 2.29. The average molecular weight is 427 g/mol. The van der Waals surface area contributed by atoms with Crippen molar-refractivity contribution in [2.24, 2.45) is 5.92 Å². The van der Waals surface area contributed by atoms with Crippen LogP contribution in [-0.4, -0.2) is 35.6 Å². The molecule has 5 nitrogen and oxygen atoms in total. The van der Waals surface area contributed by atoms with Crippen LogP contribution in [0, 0.1) is 11.7 Å². The van der Waals surface area contributed by atoms with E-state index in [-0.39, 0.29) is 18.0 Å². The van der Waals surface area contributed by atoms with E-state index in [1.54, 1.807) is 11.0 Å². The molecule has 1 N–H and O–H groups in total. The molecule has 0 saturated carbocycles. The Labute approximate surface area is 183 Å². The minimum atomic E-state index is -0.506. The van der Waals surface area contributed by atoms with Crippen molar-refractivity contribution in [3.8, 4) is 0 Å². The lowest BCUT2D eigenvalue weighted by molar-refractivity contribution is 0.0178. The van der Waals surface area contributed by atoms with Gasteiger partial charge in [-0.1, -0.05) is 36.4 Å². The standard InChI is InChI=1S/C25H31FN2O3/c1-25(2,3)31-24(30)28-14-12-18(13-15-28)16-22(19-8-5-4-6-9-19)27-23(29)20-10-7-11-21(26)17-20/h4-11,17-18,22H,12-16H2,1-3H3,(H,27,29). The molecule has 0 aromatic heterocycles. The lowest BCUT2D eigenvalue weighted by Gasteiger charge is -2.35. The second kappa shape index (κ2) is 9.94. The topological polar surface area (TPSA) is 58.6 Å². The molecule has 31 heavy (non-hydrogen) atoms. The second-order valence-corrected chi connectivity index (χ2v) is 9.09. The van der Waals surface area contributed by atoms with E-state index in [2.05, 4.69) is 5.32 Å². The van der Waals surface area contributed by atoms with Gasteiger partial charge in [-0.25, -0.2) is 9.18 Å². The molecule has 3 rings (SSSR count). The van der Waals surface area contributed by atoms with Gasteiger partial charge in [-0.05, 0) is 69.7 Å². The molecular formula is C25H31FN2O3. The molecular weight excluding hydrogens is 395 g/mol. The van der Waals surface area contributed by atoms with Crippen molar-refractivity contribution in [1.82, 2.24) is 10.2 Å². The molecule has 1 saturated heterocycles. The van der Waals surface area contributed by atoms with Crippen LogP contribution in [0.5, 0.6) is 0 Å². The van der Waals surface area contributed by atoms with E-state index in [0.717, 1.165) is 24.8 Å². The summed E-state index contributed by atoms with van der Waals surface area (Å²) in [4.78, 5) is 26.8. The molecule has 0 bridgehead atoms. The number of nitrogens with zero attached hydrogens (tertiary/aromatic N) is 1. The Morgan fingerprint density at radius 1 is 1.10 bits per heavy atom. The summed E-state index contributed by atoms with van der Waals surface area (Å²) in [5.41, 5.74) is 0.815. The first kappa shape index (κ1) is 22.8. The maximum Gasteiger partial charge on any atom is 0.410 e. The number of carbonyl (C=O) groups is 2. The fourth-order valence-corrected chi connectivity index (χ4v) is 3.85. The average Bonchev–Trinajstić information content (AvgIpc) is 2.73. The first-order chi connectivity index (χ1) is 14.7. The number of likely N-dealkylation sites (tertiary alicyclic amines) is 1. The molecule has 2 aromatic carbocycles. The summed E-state index contributed by atoms with van der Waals surface area (Å²) < 4.78 is 19.0. The molecule has 1 aliphatic heterocycles. The zero-order valence-corrected chi connectivity index (χ0v) is 18.4. The second-order valence-electron chi connectivity index (χ2n) is 9.09. The fraction of sp³-hybridized carbons (Fsp3) is 0.440. The van der Waals surface area contributed by atoms with Crippen molar-refractivity contribution in [1.29, 1.82) is 0 Å². The highest BCUT2D eigenvalue weighted by Crippen LogP contribution is 2.29. The molecule has 1 fully saturated rings. The summed E-state index contributed by atoms with van der Waals surface area (Å²) >= 11 is 0. The maximum atomic E-state index is 13.5. The van der Waals surface area contributed by atoms with Gasteiger partial charge in [-0.15, -0.1) is 0 Å². The summed E-state index contributed by atoms with van der Waals surface area (Å²) in [6.45, 7) is 6.87. The van der Waals surface area contributed by atoms with Crippen LogP contribution in [-0.2, 0) is 4.74 Å². The van der Waals surface area contributed by atoms with Crippen LogP contribution in [0.15, 0.2) is 54.6 Å². The van der Waals surface area contributed by atoms with Gasteiger partial charge in [0.15, 0.2) is 0 Å². The zero-order chi connectivity index (χ0) is 22.4. The maximum absolute atomic E-state index is 13.5. The Morgan fingerprint density at radius 2 is 1.77 bits per heavy atom. The lowest BCUT2D eigenvalue weighted by Crippen LogP contribution is -2.42. The van der Waals surface area contributed by atoms with Crippen molar-refractivity contribution >= 4 is 12.0 Å². The highest BCUT2D eigenvalue weighted by molar-refractivity contribution is 5.94. The first-order valence-corrected chi connectivity index (χ1v) is 10.8. The van der Waals surface area contributed by atoms with Gasteiger partial charge in [0.1, 0.15) is 11.4 Å². The number of piperidine rings is 1. The van der Waals surface area contributed by atoms with Crippen LogP contribution in [0.1, 0.15) is 62.0 Å². The normalized spacial score (nSPS) is 15.9. The molecule has 1 aliphatic rings. The van der Waals surface area contributed by atoms with Crippen LogP contribution in [0.4, 0.5) is 9.18 Å². The summed E-state index contributed by atoms with van der Waals surface area (Å²) in [7, 11) is 0. The Balaban J connectivity index is 1.64. The Kier molecular flexibility index (Phi) is 7.31.